The first kappa shape index (κ1) is 22.1. The average molecular weight is 451 g/mol. The van der Waals surface area contributed by atoms with Crippen LogP contribution in [0, 0.1) is 18.3 Å². The number of esters is 1. The molecule has 0 spiro atoms. The molecule has 31 heavy (non-hydrogen) atoms. The maximum atomic E-state index is 12.4. The van der Waals surface area contributed by atoms with Crippen molar-refractivity contribution < 1.29 is 14.3 Å². The zero-order valence-corrected chi connectivity index (χ0v) is 17.9. The lowest BCUT2D eigenvalue weighted by Gasteiger charge is -2.10. The second kappa shape index (κ2) is 9.94. The molecule has 0 atom stereocenters. The van der Waals surface area contributed by atoms with Gasteiger partial charge in [-0.05, 0) is 55.0 Å². The van der Waals surface area contributed by atoms with Crippen LogP contribution in [0.15, 0.2) is 72.3 Å². The average Bonchev–Trinajstić information content (AvgIpc) is 2.76. The minimum Gasteiger partial charge on any atom is -0.420 e. The molecule has 3 rings (SSSR count). The Bertz CT molecular complexity index is 1170. The Kier molecular flexibility index (Phi) is 7.09. The molecule has 154 valence electrons. The van der Waals surface area contributed by atoms with Crippen LogP contribution >= 0.6 is 23.2 Å². The Morgan fingerprint density at radius 3 is 2.19 bits per heavy atom. The smallest absolute Gasteiger partial charge is 0.343 e. The second-order valence-corrected chi connectivity index (χ2v) is 7.37. The van der Waals surface area contributed by atoms with Gasteiger partial charge in [0.2, 0.25) is 0 Å². The van der Waals surface area contributed by atoms with E-state index in [9.17, 15) is 14.9 Å². The lowest BCUT2D eigenvalue weighted by atomic mass is 10.1. The molecule has 0 aliphatic rings. The van der Waals surface area contributed by atoms with E-state index in [-0.39, 0.29) is 21.4 Å². The summed E-state index contributed by atoms with van der Waals surface area (Å²) < 4.78 is 5.32. The third-order valence-corrected chi connectivity index (χ3v) is 4.77. The number of hydrogen-bond acceptors (Lipinski definition) is 4. The topological polar surface area (TPSA) is 79.2 Å². The molecule has 0 aliphatic carbocycles. The SMILES string of the molecule is Cc1ccc(NC(=O)/C(C#N)=C/c2cc(Cl)c(OC(=O)c3ccccc3)c(Cl)c2)cc1. The molecule has 0 unspecified atom stereocenters. The van der Waals surface area contributed by atoms with Crippen LogP contribution in [0.25, 0.3) is 6.08 Å². The maximum absolute atomic E-state index is 12.4. The first-order chi connectivity index (χ1) is 14.9. The van der Waals surface area contributed by atoms with Crippen LogP contribution in [0.2, 0.25) is 10.0 Å². The lowest BCUT2D eigenvalue weighted by molar-refractivity contribution is -0.112. The highest BCUT2D eigenvalue weighted by molar-refractivity contribution is 6.37. The number of rotatable bonds is 5. The zero-order chi connectivity index (χ0) is 22.4. The number of halogens is 2. The van der Waals surface area contributed by atoms with Crippen LogP contribution in [0.3, 0.4) is 0 Å². The fourth-order valence-electron chi connectivity index (χ4n) is 2.64. The fourth-order valence-corrected chi connectivity index (χ4v) is 3.22. The Morgan fingerprint density at radius 2 is 1.61 bits per heavy atom. The van der Waals surface area contributed by atoms with E-state index in [0.717, 1.165) is 5.56 Å². The number of aryl methyl sites for hydroxylation is 1. The van der Waals surface area contributed by atoms with E-state index in [2.05, 4.69) is 5.32 Å². The van der Waals surface area contributed by atoms with E-state index < -0.39 is 11.9 Å². The van der Waals surface area contributed by atoms with Crippen LogP contribution in [-0.4, -0.2) is 11.9 Å². The van der Waals surface area contributed by atoms with Crippen LogP contribution in [0.4, 0.5) is 5.69 Å². The van der Waals surface area contributed by atoms with E-state index in [1.165, 1.54) is 18.2 Å². The molecule has 0 radical (unpaired) electrons. The first-order valence-electron chi connectivity index (χ1n) is 9.13. The Labute approximate surface area is 189 Å². The van der Waals surface area contributed by atoms with Crippen molar-refractivity contribution in [3.8, 4) is 11.8 Å². The van der Waals surface area contributed by atoms with Crippen molar-refractivity contribution in [1.82, 2.24) is 0 Å². The maximum Gasteiger partial charge on any atom is 0.343 e. The summed E-state index contributed by atoms with van der Waals surface area (Å²) in [7, 11) is 0. The molecule has 1 N–H and O–H groups in total. The number of carbonyl (C=O) groups excluding carboxylic acids is 2. The number of nitrogens with one attached hydrogen (secondary N) is 1. The lowest BCUT2D eigenvalue weighted by Crippen LogP contribution is -2.13. The predicted molar refractivity (Wildman–Crippen MR) is 121 cm³/mol. The van der Waals surface area contributed by atoms with E-state index in [1.807, 2.05) is 25.1 Å². The first-order valence-corrected chi connectivity index (χ1v) is 9.89. The van der Waals surface area contributed by atoms with Crippen LogP contribution in [-0.2, 0) is 4.79 Å². The number of amides is 1. The summed E-state index contributed by atoms with van der Waals surface area (Å²) in [6, 6.07) is 20.4. The summed E-state index contributed by atoms with van der Waals surface area (Å²) in [4.78, 5) is 24.7. The van der Waals surface area contributed by atoms with Gasteiger partial charge in [-0.3, -0.25) is 4.79 Å². The molecule has 5 nitrogen and oxygen atoms in total. The molecule has 0 saturated heterocycles. The fraction of sp³-hybridized carbons (Fsp3) is 0.0417. The molecular formula is C24H16Cl2N2O3. The third-order valence-electron chi connectivity index (χ3n) is 4.21. The number of nitrogens with zero attached hydrogens (tertiary/aromatic N) is 1. The number of ether oxygens (including phenoxy) is 1. The van der Waals surface area contributed by atoms with Gasteiger partial charge in [-0.15, -0.1) is 0 Å². The molecule has 0 aromatic heterocycles. The van der Waals surface area contributed by atoms with Crippen molar-refractivity contribution in [1.29, 1.82) is 5.26 Å². The van der Waals surface area contributed by atoms with Gasteiger partial charge in [0.25, 0.3) is 5.91 Å². The molecule has 3 aromatic rings. The normalized spacial score (nSPS) is 10.8. The molecule has 0 fully saturated rings. The summed E-state index contributed by atoms with van der Waals surface area (Å²) in [5, 5.41) is 12.2. The van der Waals surface area contributed by atoms with Crippen molar-refractivity contribution in [2.45, 2.75) is 6.92 Å². The standard InChI is InChI=1S/C24H16Cl2N2O3/c1-15-7-9-19(10-8-15)28-23(29)18(14-27)11-16-12-20(25)22(21(26)13-16)31-24(30)17-5-3-2-4-6-17/h2-13H,1H3,(H,28,29)/b18-11+. The van der Waals surface area contributed by atoms with E-state index >= 15 is 0 Å². The highest BCUT2D eigenvalue weighted by Gasteiger charge is 2.16. The summed E-state index contributed by atoms with van der Waals surface area (Å²) in [6.45, 7) is 1.93. The van der Waals surface area contributed by atoms with Crippen molar-refractivity contribution in [3.63, 3.8) is 0 Å². The summed E-state index contributed by atoms with van der Waals surface area (Å²) in [6.07, 6.45) is 1.35. The van der Waals surface area contributed by atoms with Crippen molar-refractivity contribution in [3.05, 3.63) is 99.0 Å². The van der Waals surface area contributed by atoms with Crippen molar-refractivity contribution >= 4 is 46.8 Å². The number of hydrogen-bond donors (Lipinski definition) is 1. The largest absolute Gasteiger partial charge is 0.420 e. The Balaban J connectivity index is 1.81. The molecule has 7 heteroatoms. The van der Waals surface area contributed by atoms with E-state index in [1.54, 1.807) is 42.5 Å². The predicted octanol–water partition coefficient (Wildman–Crippen LogP) is 6.07. The number of nitriles is 1. The van der Waals surface area contributed by atoms with Gasteiger partial charge in [-0.25, -0.2) is 4.79 Å². The van der Waals surface area contributed by atoms with Gasteiger partial charge < -0.3 is 10.1 Å². The van der Waals surface area contributed by atoms with Crippen LogP contribution in [0.1, 0.15) is 21.5 Å². The minimum absolute atomic E-state index is 0.00282. The third kappa shape index (κ3) is 5.73. The van der Waals surface area contributed by atoms with Gasteiger partial charge in [0.1, 0.15) is 11.6 Å². The van der Waals surface area contributed by atoms with Gasteiger partial charge in [-0.2, -0.15) is 5.26 Å². The molecule has 0 aliphatic heterocycles. The summed E-state index contributed by atoms with van der Waals surface area (Å²) in [5.41, 5.74) is 2.23. The molecule has 1 amide bonds. The Morgan fingerprint density at radius 1 is 1.00 bits per heavy atom. The summed E-state index contributed by atoms with van der Waals surface area (Å²) >= 11 is 12.5. The number of carbonyl (C=O) groups is 2. The number of anilines is 1. The highest BCUT2D eigenvalue weighted by atomic mass is 35.5. The molecular weight excluding hydrogens is 435 g/mol. The van der Waals surface area contributed by atoms with Gasteiger partial charge in [-0.1, -0.05) is 59.1 Å². The van der Waals surface area contributed by atoms with Gasteiger partial charge in [0, 0.05) is 5.69 Å². The van der Waals surface area contributed by atoms with Gasteiger partial charge in [0.05, 0.1) is 15.6 Å². The minimum atomic E-state index is -0.608. The van der Waals surface area contributed by atoms with E-state index in [0.29, 0.717) is 16.8 Å². The highest BCUT2D eigenvalue weighted by Crippen LogP contribution is 2.35. The number of benzene rings is 3. The second-order valence-electron chi connectivity index (χ2n) is 6.56. The van der Waals surface area contributed by atoms with Crippen molar-refractivity contribution in [2.24, 2.45) is 0 Å². The summed E-state index contributed by atoms with van der Waals surface area (Å²) in [5.74, 6) is -1.18. The van der Waals surface area contributed by atoms with Crippen molar-refractivity contribution in [2.75, 3.05) is 5.32 Å². The van der Waals surface area contributed by atoms with E-state index in [4.69, 9.17) is 27.9 Å². The molecule has 0 bridgehead atoms. The van der Waals surface area contributed by atoms with Gasteiger partial charge >= 0.3 is 5.97 Å². The van der Waals surface area contributed by atoms with Crippen LogP contribution in [0.5, 0.6) is 5.75 Å². The van der Waals surface area contributed by atoms with Crippen LogP contribution < -0.4 is 10.1 Å². The quantitative estimate of drug-likeness (QED) is 0.221. The molecule has 0 heterocycles. The molecule has 0 saturated carbocycles. The van der Waals surface area contributed by atoms with Gasteiger partial charge in [0.15, 0.2) is 5.75 Å². The zero-order valence-electron chi connectivity index (χ0n) is 16.4. The molecule has 3 aromatic carbocycles. The monoisotopic (exact) mass is 450 g/mol. The Hall–Kier alpha value is -3.59.